The van der Waals surface area contributed by atoms with Crippen LogP contribution in [0.5, 0.6) is 0 Å². The fourth-order valence-corrected chi connectivity index (χ4v) is 1.33. The van der Waals surface area contributed by atoms with E-state index in [1.165, 1.54) is 0 Å². The highest BCUT2D eigenvalue weighted by molar-refractivity contribution is 9.09. The Balaban J connectivity index is 4.12. The normalized spacial score (nSPS) is 13.1. The number of alkyl halides is 1. The number of amides is 1. The number of carbonyl (C=O) groups excluding carboxylic acids is 2. The lowest BCUT2D eigenvalue weighted by atomic mass is 10.1. The third-order valence-corrected chi connectivity index (χ3v) is 2.46. The molecule has 5 heteroatoms. The Morgan fingerprint density at radius 2 is 1.94 bits per heavy atom. The predicted octanol–water partition coefficient (Wildman–Crippen LogP) is 2.64. The molecule has 0 fully saturated rings. The van der Waals surface area contributed by atoms with E-state index in [1.54, 1.807) is 20.8 Å². The van der Waals surface area contributed by atoms with Gasteiger partial charge < -0.3 is 10.1 Å². The maximum atomic E-state index is 11.4. The molecular formula is C11H20BrNO3. The average Bonchev–Trinajstić information content (AvgIpc) is 2.13. The van der Waals surface area contributed by atoms with Crippen molar-refractivity contribution < 1.29 is 14.3 Å². The number of halogens is 1. The molecule has 0 aromatic rings. The summed E-state index contributed by atoms with van der Waals surface area (Å²) in [7, 11) is 0. The summed E-state index contributed by atoms with van der Waals surface area (Å²) in [5.74, 6) is 0.0721. The van der Waals surface area contributed by atoms with Crippen LogP contribution in [0.3, 0.4) is 0 Å². The number of ether oxygens (including phenoxy) is 1. The lowest BCUT2D eigenvalue weighted by Gasteiger charge is -2.22. The quantitative estimate of drug-likeness (QED) is 0.793. The van der Waals surface area contributed by atoms with Gasteiger partial charge in [0.1, 0.15) is 11.4 Å². The van der Waals surface area contributed by atoms with Crippen molar-refractivity contribution in [2.45, 2.75) is 52.2 Å². The van der Waals surface area contributed by atoms with Gasteiger partial charge in [-0.25, -0.2) is 4.79 Å². The second-order valence-electron chi connectivity index (χ2n) is 4.63. The van der Waals surface area contributed by atoms with Gasteiger partial charge in [-0.1, -0.05) is 22.9 Å². The lowest BCUT2D eigenvalue weighted by molar-refractivity contribution is -0.116. The Labute approximate surface area is 105 Å². The first-order valence-corrected chi connectivity index (χ1v) is 6.47. The van der Waals surface area contributed by atoms with Crippen LogP contribution in [0.2, 0.25) is 0 Å². The monoisotopic (exact) mass is 293 g/mol. The fraction of sp³-hybridized carbons (Fsp3) is 0.818. The predicted molar refractivity (Wildman–Crippen MR) is 66.9 cm³/mol. The standard InChI is InChI=1S/C11H20BrNO3/c1-5-8(6-9(14)7-12)13-10(15)16-11(2,3)4/h8H,5-7H2,1-4H3,(H,13,15)/t8-/m0/s1. The number of Topliss-reactive ketones (excluding diaryl/α,β-unsaturated/α-hetero) is 1. The summed E-state index contributed by atoms with van der Waals surface area (Å²) in [5.41, 5.74) is -0.512. The van der Waals surface area contributed by atoms with Crippen molar-refractivity contribution in [3.63, 3.8) is 0 Å². The van der Waals surface area contributed by atoms with Gasteiger partial charge >= 0.3 is 6.09 Å². The van der Waals surface area contributed by atoms with Gasteiger partial charge in [-0.3, -0.25) is 4.79 Å². The van der Waals surface area contributed by atoms with Crippen LogP contribution in [0.25, 0.3) is 0 Å². The number of carbonyl (C=O) groups is 2. The molecule has 1 N–H and O–H groups in total. The molecule has 4 nitrogen and oxygen atoms in total. The van der Waals surface area contributed by atoms with E-state index in [0.29, 0.717) is 18.2 Å². The molecule has 94 valence electrons. The summed E-state index contributed by atoms with van der Waals surface area (Å²) in [5, 5.41) is 3.00. The highest BCUT2D eigenvalue weighted by atomic mass is 79.9. The van der Waals surface area contributed by atoms with E-state index < -0.39 is 11.7 Å². The molecular weight excluding hydrogens is 274 g/mol. The molecule has 0 heterocycles. The summed E-state index contributed by atoms with van der Waals surface area (Å²) >= 11 is 3.09. The molecule has 0 saturated carbocycles. The minimum Gasteiger partial charge on any atom is -0.444 e. The van der Waals surface area contributed by atoms with Gasteiger partial charge in [-0.2, -0.15) is 0 Å². The van der Waals surface area contributed by atoms with Crippen molar-refractivity contribution in [1.29, 1.82) is 0 Å². The molecule has 0 bridgehead atoms. The zero-order valence-corrected chi connectivity index (χ0v) is 11.9. The number of rotatable bonds is 5. The summed E-state index contributed by atoms with van der Waals surface area (Å²) < 4.78 is 5.11. The van der Waals surface area contributed by atoms with Crippen molar-refractivity contribution >= 4 is 27.8 Å². The van der Waals surface area contributed by atoms with E-state index in [9.17, 15) is 9.59 Å². The van der Waals surface area contributed by atoms with Crippen molar-refractivity contribution in [2.24, 2.45) is 0 Å². The molecule has 0 aromatic heterocycles. The molecule has 0 unspecified atom stereocenters. The average molecular weight is 294 g/mol. The highest BCUT2D eigenvalue weighted by Gasteiger charge is 2.19. The second kappa shape index (κ2) is 6.89. The van der Waals surface area contributed by atoms with Crippen LogP contribution in [0.15, 0.2) is 0 Å². The molecule has 1 atom stereocenters. The SMILES string of the molecule is CC[C@@H](CC(=O)CBr)NC(=O)OC(C)(C)C. The number of ketones is 1. The van der Waals surface area contributed by atoms with Gasteiger partial charge in [-0.05, 0) is 27.2 Å². The number of hydrogen-bond donors (Lipinski definition) is 1. The Kier molecular flexibility index (Phi) is 6.64. The van der Waals surface area contributed by atoms with E-state index >= 15 is 0 Å². The number of nitrogens with one attached hydrogen (secondary N) is 1. The summed E-state index contributed by atoms with van der Waals surface area (Å²) in [6, 6.07) is -0.153. The van der Waals surface area contributed by atoms with Crippen LogP contribution >= 0.6 is 15.9 Å². The maximum absolute atomic E-state index is 11.4. The Hall–Kier alpha value is -0.580. The van der Waals surface area contributed by atoms with Crippen molar-refractivity contribution in [2.75, 3.05) is 5.33 Å². The van der Waals surface area contributed by atoms with Gasteiger partial charge in [0.25, 0.3) is 0 Å². The topological polar surface area (TPSA) is 55.4 Å². The highest BCUT2D eigenvalue weighted by Crippen LogP contribution is 2.08. The molecule has 16 heavy (non-hydrogen) atoms. The van der Waals surface area contributed by atoms with Crippen LogP contribution in [-0.2, 0) is 9.53 Å². The minimum absolute atomic E-state index is 0.0721. The molecule has 0 saturated heterocycles. The Morgan fingerprint density at radius 3 is 2.31 bits per heavy atom. The summed E-state index contributed by atoms with van der Waals surface area (Å²) in [4.78, 5) is 22.7. The van der Waals surface area contributed by atoms with Gasteiger partial charge in [0.05, 0.1) is 5.33 Å². The van der Waals surface area contributed by atoms with Crippen molar-refractivity contribution in [1.82, 2.24) is 5.32 Å². The largest absolute Gasteiger partial charge is 0.444 e. The van der Waals surface area contributed by atoms with E-state index in [2.05, 4.69) is 21.2 Å². The smallest absolute Gasteiger partial charge is 0.407 e. The van der Waals surface area contributed by atoms with E-state index in [1.807, 2.05) is 6.92 Å². The van der Waals surface area contributed by atoms with Crippen LogP contribution in [-0.4, -0.2) is 28.8 Å². The Bertz CT molecular complexity index is 248. The van der Waals surface area contributed by atoms with Crippen LogP contribution in [0.1, 0.15) is 40.5 Å². The van der Waals surface area contributed by atoms with Gasteiger partial charge in [0, 0.05) is 12.5 Å². The van der Waals surface area contributed by atoms with Gasteiger partial charge in [0.2, 0.25) is 0 Å². The zero-order valence-electron chi connectivity index (χ0n) is 10.3. The molecule has 0 spiro atoms. The second-order valence-corrected chi connectivity index (χ2v) is 5.19. The third kappa shape index (κ3) is 7.68. The molecule has 1 amide bonds. The first kappa shape index (κ1) is 15.4. The summed E-state index contributed by atoms with van der Waals surface area (Å²) in [6.07, 6.45) is 0.570. The third-order valence-electron chi connectivity index (χ3n) is 1.84. The van der Waals surface area contributed by atoms with E-state index in [-0.39, 0.29) is 11.8 Å². The van der Waals surface area contributed by atoms with E-state index in [4.69, 9.17) is 4.74 Å². The molecule has 0 aliphatic heterocycles. The van der Waals surface area contributed by atoms with E-state index in [0.717, 1.165) is 0 Å². The van der Waals surface area contributed by atoms with Crippen molar-refractivity contribution in [3.05, 3.63) is 0 Å². The van der Waals surface area contributed by atoms with Crippen LogP contribution < -0.4 is 5.32 Å². The molecule has 0 radical (unpaired) electrons. The number of alkyl carbamates (subject to hydrolysis) is 1. The van der Waals surface area contributed by atoms with Crippen LogP contribution in [0, 0.1) is 0 Å². The first-order chi connectivity index (χ1) is 7.28. The fourth-order valence-electron chi connectivity index (χ4n) is 1.10. The zero-order chi connectivity index (χ0) is 12.8. The van der Waals surface area contributed by atoms with Crippen molar-refractivity contribution in [3.8, 4) is 0 Å². The number of hydrogen-bond acceptors (Lipinski definition) is 3. The lowest BCUT2D eigenvalue weighted by Crippen LogP contribution is -2.40. The molecule has 0 aromatic carbocycles. The Morgan fingerprint density at radius 1 is 1.38 bits per heavy atom. The molecule has 0 aliphatic carbocycles. The summed E-state index contributed by atoms with van der Waals surface area (Å²) in [6.45, 7) is 7.33. The minimum atomic E-state index is -0.512. The van der Waals surface area contributed by atoms with Gasteiger partial charge in [0.15, 0.2) is 0 Å². The van der Waals surface area contributed by atoms with Gasteiger partial charge in [-0.15, -0.1) is 0 Å². The van der Waals surface area contributed by atoms with Crippen LogP contribution in [0.4, 0.5) is 4.79 Å². The first-order valence-electron chi connectivity index (χ1n) is 5.35. The molecule has 0 aliphatic rings. The molecule has 0 rings (SSSR count). The maximum Gasteiger partial charge on any atom is 0.407 e.